The monoisotopic (exact) mass is 482 g/mol. The fraction of sp³-hybridized carbons (Fsp3) is 0.579. The van der Waals surface area contributed by atoms with Gasteiger partial charge in [0.1, 0.15) is 0 Å². The van der Waals surface area contributed by atoms with Crippen LogP contribution in [0.3, 0.4) is 0 Å². The third kappa shape index (κ3) is 5.27. The highest BCUT2D eigenvalue weighted by molar-refractivity contribution is 5.94. The molecule has 1 aromatic carbocycles. The molecule has 1 atom stereocenters. The first-order chi connectivity index (χ1) is 15.3. The van der Waals surface area contributed by atoms with E-state index >= 15 is 0 Å². The van der Waals surface area contributed by atoms with Gasteiger partial charge in [0, 0.05) is 48.9 Å². The van der Waals surface area contributed by atoms with Gasteiger partial charge in [-0.1, -0.05) is 12.1 Å². The molecule has 0 aromatic heterocycles. The van der Waals surface area contributed by atoms with Crippen LogP contribution in [0.2, 0.25) is 0 Å². The number of alkyl halides is 6. The number of rotatable bonds is 4. The Morgan fingerprint density at radius 3 is 2.21 bits per heavy atom. The molecule has 3 heterocycles. The summed E-state index contributed by atoms with van der Waals surface area (Å²) in [7, 11) is 0. The molecule has 1 amide bonds. The second-order valence-electron chi connectivity index (χ2n) is 7.87. The molecule has 0 saturated carbocycles. The number of carbonyl (C=O) groups excluding carboxylic acids is 1. The second-order valence-corrected chi connectivity index (χ2v) is 7.87. The van der Waals surface area contributed by atoms with Crippen LogP contribution in [0.4, 0.5) is 26.3 Å². The van der Waals surface area contributed by atoms with Crippen molar-refractivity contribution in [3.05, 3.63) is 35.4 Å². The van der Waals surface area contributed by atoms with E-state index in [0.717, 1.165) is 32.6 Å². The van der Waals surface area contributed by atoms with E-state index in [1.165, 1.54) is 24.3 Å². The molecule has 1 unspecified atom stereocenters. The fourth-order valence-corrected chi connectivity index (χ4v) is 3.74. The van der Waals surface area contributed by atoms with Crippen LogP contribution in [-0.2, 0) is 15.2 Å². The molecule has 2 fully saturated rings. The van der Waals surface area contributed by atoms with Gasteiger partial charge in [0.25, 0.3) is 5.91 Å². The lowest BCUT2D eigenvalue weighted by atomic mass is 9.68. The zero-order chi connectivity index (χ0) is 24.5. The van der Waals surface area contributed by atoms with Gasteiger partial charge in [-0.25, -0.2) is 4.79 Å². The van der Waals surface area contributed by atoms with Crippen LogP contribution in [0.1, 0.15) is 28.8 Å². The Bertz CT molecular complexity index is 922. The summed E-state index contributed by atoms with van der Waals surface area (Å²) in [5, 5.41) is 19.6. The third-order valence-electron chi connectivity index (χ3n) is 5.86. The van der Waals surface area contributed by atoms with Gasteiger partial charge in [0.15, 0.2) is 0 Å². The largest absolute Gasteiger partial charge is 0.490 e. The van der Waals surface area contributed by atoms with Gasteiger partial charge in [-0.15, -0.1) is 10.2 Å². The molecule has 0 radical (unpaired) electrons. The highest BCUT2D eigenvalue weighted by Gasteiger charge is 2.65. The first-order valence-corrected chi connectivity index (χ1v) is 9.82. The molecule has 3 N–H and O–H groups in total. The number of benzene rings is 1. The number of nitrogens with zero attached hydrogens (tertiary/aromatic N) is 2. The Morgan fingerprint density at radius 2 is 1.76 bits per heavy atom. The van der Waals surface area contributed by atoms with Crippen molar-refractivity contribution >= 4 is 11.9 Å². The van der Waals surface area contributed by atoms with Crippen molar-refractivity contribution in [3.8, 4) is 0 Å². The summed E-state index contributed by atoms with van der Waals surface area (Å²) in [6.45, 7) is 2.78. The predicted octanol–water partition coefficient (Wildman–Crippen LogP) is 3.00. The molecule has 3 aliphatic heterocycles. The first-order valence-electron chi connectivity index (χ1n) is 9.82. The second kappa shape index (κ2) is 8.89. The molecule has 0 bridgehead atoms. The van der Waals surface area contributed by atoms with Gasteiger partial charge in [0.05, 0.1) is 0 Å². The average Bonchev–Trinajstić information content (AvgIpc) is 3.56. The Morgan fingerprint density at radius 1 is 1.15 bits per heavy atom. The van der Waals surface area contributed by atoms with Crippen LogP contribution in [-0.4, -0.2) is 61.7 Å². The number of amides is 1. The van der Waals surface area contributed by atoms with Crippen molar-refractivity contribution in [3.63, 3.8) is 0 Å². The number of hydrogen-bond acceptors (Lipinski definition) is 6. The van der Waals surface area contributed by atoms with Crippen LogP contribution < -0.4 is 10.6 Å². The number of aliphatic carboxylic acids is 1. The minimum absolute atomic E-state index is 0.139. The van der Waals surface area contributed by atoms with Crippen LogP contribution >= 0.6 is 0 Å². The van der Waals surface area contributed by atoms with E-state index in [1.807, 2.05) is 0 Å². The van der Waals surface area contributed by atoms with Crippen molar-refractivity contribution < 1.29 is 45.8 Å². The van der Waals surface area contributed by atoms with E-state index in [9.17, 15) is 31.1 Å². The average molecular weight is 482 g/mol. The highest BCUT2D eigenvalue weighted by Crippen LogP contribution is 2.52. The normalized spacial score (nSPS) is 22.5. The molecule has 14 heteroatoms. The standard InChI is InChI=1S/C17H19F3N4O2.C2HF3O2/c18-17(19,20)16(23-24-16)12-3-1-2-11(8-12)14(25)21-9-13-15(10-22-13)4-6-26-7-5-15;3-2(4,5)1(6)7/h1-3,8,13,22H,4-7,9-10H2,(H,21,25);(H,6,7). The van der Waals surface area contributed by atoms with Gasteiger partial charge in [-0.2, -0.15) is 26.3 Å². The van der Waals surface area contributed by atoms with Crippen LogP contribution in [0.5, 0.6) is 0 Å². The number of carbonyl (C=O) groups is 2. The number of carboxylic acid groups (broad SMARTS) is 1. The van der Waals surface area contributed by atoms with Gasteiger partial charge in [-0.3, -0.25) is 4.79 Å². The quantitative estimate of drug-likeness (QED) is 0.572. The molecular weight excluding hydrogens is 462 g/mol. The van der Waals surface area contributed by atoms with E-state index in [2.05, 4.69) is 20.9 Å². The minimum Gasteiger partial charge on any atom is -0.475 e. The Labute approximate surface area is 183 Å². The molecule has 1 aromatic rings. The third-order valence-corrected chi connectivity index (χ3v) is 5.86. The van der Waals surface area contributed by atoms with Crippen LogP contribution in [0.25, 0.3) is 0 Å². The summed E-state index contributed by atoms with van der Waals surface area (Å²) in [5.41, 5.74) is -2.33. The highest BCUT2D eigenvalue weighted by atomic mass is 19.4. The molecule has 4 rings (SSSR count). The lowest BCUT2D eigenvalue weighted by Gasteiger charge is -2.52. The van der Waals surface area contributed by atoms with Crippen molar-refractivity contribution in [1.29, 1.82) is 0 Å². The molecule has 0 aliphatic carbocycles. The van der Waals surface area contributed by atoms with E-state index in [-0.39, 0.29) is 22.6 Å². The summed E-state index contributed by atoms with van der Waals surface area (Å²) >= 11 is 0. The van der Waals surface area contributed by atoms with Crippen molar-refractivity contribution in [2.24, 2.45) is 15.6 Å². The molecule has 1 spiro atoms. The summed E-state index contributed by atoms with van der Waals surface area (Å²) in [4.78, 5) is 21.3. The van der Waals surface area contributed by atoms with Crippen molar-refractivity contribution in [2.75, 3.05) is 26.3 Å². The zero-order valence-electron chi connectivity index (χ0n) is 17.0. The van der Waals surface area contributed by atoms with Crippen LogP contribution in [0.15, 0.2) is 34.5 Å². The summed E-state index contributed by atoms with van der Waals surface area (Å²) < 4.78 is 76.5. The molecule has 182 valence electrons. The zero-order valence-corrected chi connectivity index (χ0v) is 17.0. The minimum atomic E-state index is -5.08. The number of ether oxygens (including phenoxy) is 1. The summed E-state index contributed by atoms with van der Waals surface area (Å²) in [5.74, 6) is -3.16. The van der Waals surface area contributed by atoms with E-state index < -0.39 is 29.9 Å². The Balaban J connectivity index is 0.000000383. The van der Waals surface area contributed by atoms with Gasteiger partial charge in [0.2, 0.25) is 0 Å². The maximum Gasteiger partial charge on any atom is 0.490 e. The van der Waals surface area contributed by atoms with E-state index in [1.54, 1.807) is 0 Å². The molecular formula is C19H20F6N4O4. The number of halogens is 6. The lowest BCUT2D eigenvalue weighted by Crippen LogP contribution is -2.67. The van der Waals surface area contributed by atoms with Gasteiger partial charge in [-0.05, 0) is 25.0 Å². The molecule has 3 aliphatic rings. The molecule has 2 saturated heterocycles. The van der Waals surface area contributed by atoms with Crippen molar-refractivity contribution in [1.82, 2.24) is 10.6 Å². The number of hydrogen-bond donors (Lipinski definition) is 3. The van der Waals surface area contributed by atoms with Gasteiger partial charge < -0.3 is 20.5 Å². The topological polar surface area (TPSA) is 112 Å². The maximum absolute atomic E-state index is 13.1. The number of nitrogens with one attached hydrogen (secondary N) is 2. The lowest BCUT2D eigenvalue weighted by molar-refractivity contribution is -0.192. The van der Waals surface area contributed by atoms with Crippen molar-refractivity contribution in [2.45, 2.75) is 36.9 Å². The Hall–Kier alpha value is -2.74. The van der Waals surface area contributed by atoms with E-state index in [4.69, 9.17) is 14.6 Å². The van der Waals surface area contributed by atoms with E-state index in [0.29, 0.717) is 6.54 Å². The summed E-state index contributed by atoms with van der Waals surface area (Å²) in [6.07, 6.45) is -7.78. The first kappa shape index (κ1) is 24.9. The molecule has 8 nitrogen and oxygen atoms in total. The van der Waals surface area contributed by atoms with Crippen LogP contribution in [0, 0.1) is 5.41 Å². The fourth-order valence-electron chi connectivity index (χ4n) is 3.74. The summed E-state index contributed by atoms with van der Waals surface area (Å²) in [6, 6.07) is 5.57. The smallest absolute Gasteiger partial charge is 0.475 e. The maximum atomic E-state index is 13.1. The number of carboxylic acids is 1. The SMILES string of the molecule is O=C(NCC1NCC12CCOCC2)c1cccc(C2(C(F)(F)F)N=N2)c1.O=C(O)C(F)(F)F. The Kier molecular flexibility index (Phi) is 6.71. The van der Waals surface area contributed by atoms with Gasteiger partial charge >= 0.3 is 24.0 Å². The molecule has 33 heavy (non-hydrogen) atoms. The predicted molar refractivity (Wildman–Crippen MR) is 99.3 cm³/mol.